The van der Waals surface area contributed by atoms with Gasteiger partial charge in [-0.15, -0.1) is 0 Å². The van der Waals surface area contributed by atoms with E-state index in [1.54, 1.807) is 11.2 Å². The minimum Gasteiger partial charge on any atom is -0.480 e. The predicted molar refractivity (Wildman–Crippen MR) is 73.7 cm³/mol. The molecule has 0 radical (unpaired) electrons. The number of likely N-dealkylation sites (N-methyl/N-ethyl adjacent to an activating group) is 1. The largest absolute Gasteiger partial charge is 0.480 e. The molecule has 0 saturated carbocycles. The van der Waals surface area contributed by atoms with Crippen molar-refractivity contribution in [3.8, 4) is 0 Å². The third kappa shape index (κ3) is 2.58. The zero-order chi connectivity index (χ0) is 15.0. The van der Waals surface area contributed by atoms with Crippen LogP contribution < -0.4 is 0 Å². The number of piperazine rings is 1. The van der Waals surface area contributed by atoms with Crippen LogP contribution in [0.5, 0.6) is 0 Å². The summed E-state index contributed by atoms with van der Waals surface area (Å²) < 4.78 is 0. The standard InChI is InChI=1S/C13H19N5O3/c1-16-2-4-17(5-3-16)13(21)18-7-10-9(14-8-15-10)6-11(18)12(19)20/h8,11H,2-7H2,1H3,(H,14,15)(H,19,20). The van der Waals surface area contributed by atoms with Crippen molar-refractivity contribution < 1.29 is 14.7 Å². The van der Waals surface area contributed by atoms with Crippen molar-refractivity contribution in [3.05, 3.63) is 17.7 Å². The molecule has 1 aromatic heterocycles. The minimum absolute atomic E-state index is 0.198. The van der Waals surface area contributed by atoms with E-state index in [4.69, 9.17) is 0 Å². The molecule has 0 spiro atoms. The topological polar surface area (TPSA) is 92.8 Å². The van der Waals surface area contributed by atoms with Crippen LogP contribution in [0.3, 0.4) is 0 Å². The SMILES string of the molecule is CN1CCN(C(=O)N2Cc3[nH]cnc3CC2C(=O)O)CC1. The van der Waals surface area contributed by atoms with Gasteiger partial charge >= 0.3 is 12.0 Å². The number of rotatable bonds is 1. The van der Waals surface area contributed by atoms with Crippen LogP contribution in [0.25, 0.3) is 0 Å². The second kappa shape index (κ2) is 5.36. The van der Waals surface area contributed by atoms with E-state index >= 15 is 0 Å². The Kier molecular flexibility index (Phi) is 3.54. The van der Waals surface area contributed by atoms with Gasteiger partial charge in [-0.25, -0.2) is 14.6 Å². The van der Waals surface area contributed by atoms with Crippen molar-refractivity contribution in [2.24, 2.45) is 0 Å². The molecule has 8 heteroatoms. The van der Waals surface area contributed by atoms with Crippen molar-refractivity contribution >= 4 is 12.0 Å². The fourth-order valence-corrected chi connectivity index (χ4v) is 2.84. The van der Waals surface area contributed by atoms with Crippen molar-refractivity contribution in [1.82, 2.24) is 24.7 Å². The highest BCUT2D eigenvalue weighted by atomic mass is 16.4. The Balaban J connectivity index is 1.79. The maximum absolute atomic E-state index is 12.6. The molecular formula is C13H19N5O3. The third-order valence-corrected chi connectivity index (χ3v) is 4.20. The number of carboxylic acids is 1. The number of aromatic amines is 1. The van der Waals surface area contributed by atoms with Crippen molar-refractivity contribution in [2.45, 2.75) is 19.0 Å². The van der Waals surface area contributed by atoms with Crippen molar-refractivity contribution in [3.63, 3.8) is 0 Å². The van der Waals surface area contributed by atoms with E-state index in [9.17, 15) is 14.7 Å². The summed E-state index contributed by atoms with van der Waals surface area (Å²) in [6.07, 6.45) is 1.81. The number of fused-ring (bicyclic) bond motifs is 1. The van der Waals surface area contributed by atoms with E-state index in [0.717, 1.165) is 24.5 Å². The summed E-state index contributed by atoms with van der Waals surface area (Å²) >= 11 is 0. The van der Waals surface area contributed by atoms with Gasteiger partial charge in [-0.3, -0.25) is 0 Å². The van der Waals surface area contributed by atoms with Crippen LogP contribution in [-0.2, 0) is 17.8 Å². The number of aliphatic carboxylic acids is 1. The first kappa shape index (κ1) is 13.9. The molecule has 3 heterocycles. The van der Waals surface area contributed by atoms with Crippen LogP contribution in [0.1, 0.15) is 11.4 Å². The Bertz CT molecular complexity index is 550. The molecule has 2 aliphatic heterocycles. The van der Waals surface area contributed by atoms with Gasteiger partial charge < -0.3 is 24.8 Å². The summed E-state index contributed by atoms with van der Waals surface area (Å²) in [5.41, 5.74) is 1.57. The molecule has 2 N–H and O–H groups in total. The van der Waals surface area contributed by atoms with E-state index in [0.29, 0.717) is 13.1 Å². The molecular weight excluding hydrogens is 274 g/mol. The summed E-state index contributed by atoms with van der Waals surface area (Å²) in [6.45, 7) is 3.17. The molecule has 1 saturated heterocycles. The smallest absolute Gasteiger partial charge is 0.326 e. The zero-order valence-corrected chi connectivity index (χ0v) is 11.9. The lowest BCUT2D eigenvalue weighted by Crippen LogP contribution is -2.57. The summed E-state index contributed by atoms with van der Waals surface area (Å²) in [6, 6.07) is -1.04. The minimum atomic E-state index is -0.980. The molecule has 1 atom stereocenters. The predicted octanol–water partition coefficient (Wildman–Crippen LogP) is -0.412. The van der Waals surface area contributed by atoms with Gasteiger partial charge in [0.1, 0.15) is 6.04 Å². The lowest BCUT2D eigenvalue weighted by Gasteiger charge is -2.39. The maximum Gasteiger partial charge on any atom is 0.326 e. The van der Waals surface area contributed by atoms with Gasteiger partial charge in [0, 0.05) is 32.6 Å². The van der Waals surface area contributed by atoms with Gasteiger partial charge in [-0.05, 0) is 7.05 Å². The number of aromatic nitrogens is 2. The number of carboxylic acid groups (broad SMARTS) is 1. The number of nitrogens with zero attached hydrogens (tertiary/aromatic N) is 4. The van der Waals surface area contributed by atoms with E-state index in [2.05, 4.69) is 14.9 Å². The lowest BCUT2D eigenvalue weighted by atomic mass is 10.0. The molecule has 1 unspecified atom stereocenters. The Labute approximate surface area is 122 Å². The molecule has 0 bridgehead atoms. The van der Waals surface area contributed by atoms with Crippen LogP contribution in [0.4, 0.5) is 4.79 Å². The average molecular weight is 293 g/mol. The first-order valence-electron chi connectivity index (χ1n) is 7.04. The number of nitrogens with one attached hydrogen (secondary N) is 1. The zero-order valence-electron chi connectivity index (χ0n) is 11.9. The van der Waals surface area contributed by atoms with E-state index in [-0.39, 0.29) is 19.0 Å². The fourth-order valence-electron chi connectivity index (χ4n) is 2.84. The number of carbonyl (C=O) groups excluding carboxylic acids is 1. The average Bonchev–Trinajstić information content (AvgIpc) is 2.93. The summed E-state index contributed by atoms with van der Waals surface area (Å²) in [5, 5.41) is 9.40. The number of carbonyl (C=O) groups is 2. The van der Waals surface area contributed by atoms with Crippen LogP contribution in [0.15, 0.2) is 6.33 Å². The van der Waals surface area contributed by atoms with Crippen molar-refractivity contribution in [2.75, 3.05) is 33.2 Å². The maximum atomic E-state index is 12.6. The van der Waals surface area contributed by atoms with E-state index in [1.165, 1.54) is 4.90 Å². The number of H-pyrrole nitrogens is 1. The fraction of sp³-hybridized carbons (Fsp3) is 0.615. The number of hydrogen-bond acceptors (Lipinski definition) is 4. The molecule has 21 heavy (non-hydrogen) atoms. The van der Waals surface area contributed by atoms with Gasteiger partial charge in [-0.2, -0.15) is 0 Å². The first-order valence-corrected chi connectivity index (χ1v) is 7.04. The molecule has 0 aromatic carbocycles. The summed E-state index contributed by atoms with van der Waals surface area (Å²) in [5.74, 6) is -0.980. The quantitative estimate of drug-likeness (QED) is 0.734. The molecule has 1 fully saturated rings. The van der Waals surface area contributed by atoms with Crippen LogP contribution in [-0.4, -0.2) is 81.0 Å². The molecule has 2 aliphatic rings. The summed E-state index contributed by atoms with van der Waals surface area (Å²) in [7, 11) is 2.01. The Morgan fingerprint density at radius 1 is 1.33 bits per heavy atom. The Hall–Kier alpha value is -2.09. The third-order valence-electron chi connectivity index (χ3n) is 4.20. The second-order valence-electron chi connectivity index (χ2n) is 5.59. The molecule has 2 amide bonds. The summed E-state index contributed by atoms with van der Waals surface area (Å²) in [4.78, 5) is 36.6. The Morgan fingerprint density at radius 3 is 2.71 bits per heavy atom. The highest BCUT2D eigenvalue weighted by Crippen LogP contribution is 2.22. The molecule has 1 aromatic rings. The molecule has 0 aliphatic carbocycles. The van der Waals surface area contributed by atoms with Gasteiger partial charge in [0.2, 0.25) is 0 Å². The number of amides is 2. The highest BCUT2D eigenvalue weighted by Gasteiger charge is 2.38. The molecule has 8 nitrogen and oxygen atoms in total. The molecule has 3 rings (SSSR count). The van der Waals surface area contributed by atoms with Crippen LogP contribution in [0, 0.1) is 0 Å². The van der Waals surface area contributed by atoms with Crippen molar-refractivity contribution in [1.29, 1.82) is 0 Å². The normalized spacial score (nSPS) is 23.0. The van der Waals surface area contributed by atoms with Gasteiger partial charge in [0.15, 0.2) is 0 Å². The first-order chi connectivity index (χ1) is 10.1. The number of hydrogen-bond donors (Lipinski definition) is 2. The van der Waals surface area contributed by atoms with Gasteiger partial charge in [0.05, 0.1) is 24.3 Å². The second-order valence-corrected chi connectivity index (χ2v) is 5.59. The van der Waals surface area contributed by atoms with E-state index in [1.807, 2.05) is 7.05 Å². The van der Waals surface area contributed by atoms with Crippen LogP contribution in [0.2, 0.25) is 0 Å². The number of urea groups is 1. The number of imidazole rings is 1. The van der Waals surface area contributed by atoms with Gasteiger partial charge in [-0.1, -0.05) is 0 Å². The van der Waals surface area contributed by atoms with E-state index < -0.39 is 12.0 Å². The monoisotopic (exact) mass is 293 g/mol. The van der Waals surface area contributed by atoms with Gasteiger partial charge in [0.25, 0.3) is 0 Å². The van der Waals surface area contributed by atoms with Crippen LogP contribution >= 0.6 is 0 Å². The highest BCUT2D eigenvalue weighted by molar-refractivity contribution is 5.83. The lowest BCUT2D eigenvalue weighted by molar-refractivity contribution is -0.143. The Morgan fingerprint density at radius 2 is 2.05 bits per heavy atom. The molecule has 114 valence electrons.